The summed E-state index contributed by atoms with van der Waals surface area (Å²) in [6.45, 7) is 21.9. The molecule has 5 aliphatic heterocycles. The summed E-state index contributed by atoms with van der Waals surface area (Å²) in [4.78, 5) is 66.1. The Bertz CT molecular complexity index is 3870. The molecule has 0 bridgehead atoms. The quantitative estimate of drug-likeness (QED) is 0.0111. The van der Waals surface area contributed by atoms with E-state index in [1.165, 1.54) is 82.8 Å². The number of aryl methyl sites for hydroxylation is 2. The number of aliphatic carboxylic acids is 1. The van der Waals surface area contributed by atoms with E-state index in [9.17, 15) is 49.5 Å². The molecule has 772 valence electrons. The molecule has 0 spiro atoms. The second kappa shape index (κ2) is 65.4. The van der Waals surface area contributed by atoms with Crippen LogP contribution in [-0.4, -0.2) is 272 Å². The normalized spacial score (nSPS) is 23.3. The highest BCUT2D eigenvalue weighted by atomic mass is 35.5. The van der Waals surface area contributed by atoms with Gasteiger partial charge in [-0.05, 0) is 296 Å². The Morgan fingerprint density at radius 1 is 0.390 bits per heavy atom. The van der Waals surface area contributed by atoms with Gasteiger partial charge in [-0.2, -0.15) is 0 Å². The van der Waals surface area contributed by atoms with Crippen LogP contribution in [0.4, 0.5) is 0 Å². The van der Waals surface area contributed by atoms with Gasteiger partial charge in [-0.25, -0.2) is 19.2 Å². The van der Waals surface area contributed by atoms with Crippen molar-refractivity contribution in [2.24, 2.45) is 10.8 Å². The maximum absolute atomic E-state index is 11.0. The molecule has 10 N–H and O–H groups in total. The van der Waals surface area contributed by atoms with E-state index < -0.39 is 29.8 Å². The Morgan fingerprint density at radius 3 is 1.10 bits per heavy atom. The fraction of sp³-hybridized carbons (Fsp3) is 0.748. The number of carboxylic acid groups (broad SMARTS) is 5. The Hall–Kier alpha value is -4.94. The van der Waals surface area contributed by atoms with Crippen LogP contribution in [0.1, 0.15) is 369 Å². The van der Waals surface area contributed by atoms with Crippen molar-refractivity contribution in [3.8, 4) is 0 Å². The van der Waals surface area contributed by atoms with Gasteiger partial charge in [0.25, 0.3) is 0 Å². The molecular weight excluding hydrogens is 1840 g/mol. The number of ether oxygens (including phenoxy) is 2. The summed E-state index contributed by atoms with van der Waals surface area (Å²) in [6.07, 6.45) is 48.1. The van der Waals surface area contributed by atoms with E-state index in [0.717, 1.165) is 276 Å². The predicted molar refractivity (Wildman–Crippen MR) is 544 cm³/mol. The molecule has 136 heavy (non-hydrogen) atoms. The second-order valence-electron chi connectivity index (χ2n) is 39.6. The Morgan fingerprint density at radius 2 is 0.743 bits per heavy atom. The van der Waals surface area contributed by atoms with Gasteiger partial charge in [-0.3, -0.25) is 29.3 Å². The van der Waals surface area contributed by atoms with E-state index in [1.807, 2.05) is 24.3 Å². The van der Waals surface area contributed by atoms with Crippen molar-refractivity contribution in [2.45, 2.75) is 418 Å². The lowest BCUT2D eigenvalue weighted by molar-refractivity contribution is -0.137. The molecule has 2 aromatic heterocycles. The molecule has 5 saturated heterocycles. The summed E-state index contributed by atoms with van der Waals surface area (Å²) in [5.41, 5.74) is 3.40. The average molecular weight is 2010 g/mol. The van der Waals surface area contributed by atoms with Crippen molar-refractivity contribution in [3.63, 3.8) is 0 Å². The lowest BCUT2D eigenvalue weighted by Gasteiger charge is -2.46. The maximum Gasteiger partial charge on any atom is 0.371 e. The Balaban J connectivity index is 0.000000232. The van der Waals surface area contributed by atoms with Crippen LogP contribution in [0.15, 0.2) is 93.8 Å². The number of hydrogen-bond acceptors (Lipinski definition) is 19. The highest BCUT2D eigenvalue weighted by Gasteiger charge is 2.45. The molecule has 11 rings (SSSR count). The van der Waals surface area contributed by atoms with Crippen LogP contribution >= 0.6 is 58.0 Å². The number of aromatic carboxylic acids is 4. The van der Waals surface area contributed by atoms with E-state index in [1.54, 1.807) is 36.4 Å². The van der Waals surface area contributed by atoms with Crippen LogP contribution < -0.4 is 0 Å². The fourth-order valence-corrected chi connectivity index (χ4v) is 22.5. The molecule has 2 aliphatic carbocycles. The van der Waals surface area contributed by atoms with Crippen molar-refractivity contribution in [1.29, 1.82) is 0 Å². The third kappa shape index (κ3) is 41.8. The number of nitrogens with zero attached hydrogens (tertiary/aromatic N) is 5. The first-order chi connectivity index (χ1) is 65.5. The van der Waals surface area contributed by atoms with Crippen molar-refractivity contribution in [3.05, 3.63) is 130 Å². The van der Waals surface area contributed by atoms with Crippen LogP contribution in [0.2, 0.25) is 0 Å². The van der Waals surface area contributed by atoms with Crippen LogP contribution in [0.5, 0.6) is 0 Å². The molecule has 0 radical (unpaired) electrons. The molecule has 29 heteroatoms. The second-order valence-corrected chi connectivity index (χ2v) is 42.4. The zero-order chi connectivity index (χ0) is 98.8. The number of rotatable bonds is 61. The first-order valence-corrected chi connectivity index (χ1v) is 54.3. The number of aliphatic hydroxyl groups is 5. The van der Waals surface area contributed by atoms with Crippen molar-refractivity contribution < 1.29 is 93.3 Å². The average Bonchev–Trinajstić information content (AvgIpc) is 1.07. The SMILES string of the molecule is CCCC1([C@H](O)CCCN2CC[C@@H](Cl)[C@@H]2C/C=C\CCCC(=O)O)CCC1.CCCCC1(C(O)CCCN2CC[C@@H](Cl)[C@@H]2CCc2ccc(C(=O)O)cc2)CCC1.CCCCCC(O)CCCN1CC[C@@H](Cl)[C@@H]1CCc1ccc(C(=O)O)cc1.CCCCCC(O)CCN1CC[C@@H](Cl)[C@@H]1COCc1ccc(C(=O)O)o1.CCCCCC(O)CCN1CC[C@@H](Cl)[C@@H]1COCc1ccc(C(=O)O)o1. The van der Waals surface area contributed by atoms with Crippen LogP contribution in [-0.2, 0) is 40.3 Å². The number of allylic oxidation sites excluding steroid dienone is 1. The molecular formula is C107H170Cl5N5O19. The third-order valence-corrected chi connectivity index (χ3v) is 32.1. The van der Waals surface area contributed by atoms with E-state index in [4.69, 9.17) is 102 Å². The van der Waals surface area contributed by atoms with Crippen molar-refractivity contribution in [2.75, 3.05) is 78.7 Å². The summed E-state index contributed by atoms with van der Waals surface area (Å²) in [7, 11) is 0. The minimum atomic E-state index is -1.09. The monoisotopic (exact) mass is 2000 g/mol. The summed E-state index contributed by atoms with van der Waals surface area (Å²) < 4.78 is 21.8. The van der Waals surface area contributed by atoms with Gasteiger partial charge >= 0.3 is 29.8 Å². The van der Waals surface area contributed by atoms with Gasteiger partial charge in [0, 0.05) is 62.8 Å². The number of unbranched alkanes of at least 4 members (excludes halogenated alkanes) is 8. The fourth-order valence-electron chi connectivity index (χ4n) is 20.8. The zero-order valence-corrected chi connectivity index (χ0v) is 86.3. The molecule has 7 aliphatic rings. The minimum Gasteiger partial charge on any atom is -0.481 e. The molecule has 2 aromatic carbocycles. The smallest absolute Gasteiger partial charge is 0.371 e. The van der Waals surface area contributed by atoms with Gasteiger partial charge in [0.15, 0.2) is 0 Å². The molecule has 7 heterocycles. The summed E-state index contributed by atoms with van der Waals surface area (Å²) >= 11 is 32.6. The number of likely N-dealkylation sites (tertiary alicyclic amines) is 5. The van der Waals surface area contributed by atoms with Gasteiger partial charge in [0.1, 0.15) is 24.7 Å². The van der Waals surface area contributed by atoms with Crippen LogP contribution in [0.3, 0.4) is 0 Å². The van der Waals surface area contributed by atoms with Gasteiger partial charge in [-0.15, -0.1) is 58.0 Å². The standard InChI is InChI=1S/C25H38ClNO3.C22H38ClNO3.C22H34ClNO3.2C19H30ClNO5/c1-2-3-14-25(15-5-16-25)23(28)6-4-17-27-18-13-21(26)22(27)12-9-19-7-10-20(11-8-19)24(29)30;1-2-13-22(14-8-15-22)20(25)10-7-16-24-17-12-18(23)19(24)9-5-3-4-6-11-21(26)27;1-2-3-4-6-19(25)7-5-15-24-16-14-20(23)21(24)13-10-17-8-11-18(12-9-17)22(26)27;2*1-2-3-4-5-14(22)8-10-21-11-9-16(20)17(21)13-25-12-15-6-7-18(26-15)19(23)24/h7-8,10-11,21-23,28H,2-6,9,12-18H2,1H3,(H,29,30);3,5,18-20,25H,2,4,6-17H2,1H3,(H,26,27);8-9,11-12,19-21,25H,2-7,10,13-16H2,1H3,(H,26,27);2*6-7,14,16-17,22H,2-5,8-13H2,1H3,(H,23,24)/b;5-3-;;;/t21-,22+,23?;18-,19+,20-;19?,20-,21+;2*14?,16-,17+/m11111/s1. The summed E-state index contributed by atoms with van der Waals surface area (Å²) in [6, 6.07) is 21.7. The highest BCUT2D eigenvalue weighted by molar-refractivity contribution is 6.22. The molecule has 24 nitrogen and oxygen atoms in total. The molecule has 15 atom stereocenters. The summed E-state index contributed by atoms with van der Waals surface area (Å²) in [5, 5.41) is 96.9. The maximum atomic E-state index is 11.0. The number of furan rings is 2. The van der Waals surface area contributed by atoms with Crippen LogP contribution in [0.25, 0.3) is 0 Å². The third-order valence-electron chi connectivity index (χ3n) is 29.5. The van der Waals surface area contributed by atoms with Crippen molar-refractivity contribution >= 4 is 87.9 Å². The van der Waals surface area contributed by atoms with Gasteiger partial charge in [0.2, 0.25) is 11.5 Å². The molecule has 4 aromatic rings. The predicted octanol–water partition coefficient (Wildman–Crippen LogP) is 22.2. The number of halogens is 5. The van der Waals surface area contributed by atoms with E-state index in [0.29, 0.717) is 60.4 Å². The highest BCUT2D eigenvalue weighted by Crippen LogP contribution is 2.50. The number of aliphatic hydroxyl groups excluding tert-OH is 5. The first kappa shape index (κ1) is 118. The first-order valence-electron chi connectivity index (χ1n) is 52.1. The van der Waals surface area contributed by atoms with E-state index in [2.05, 4.69) is 71.3 Å². The zero-order valence-electron chi connectivity index (χ0n) is 82.5. The van der Waals surface area contributed by atoms with Crippen molar-refractivity contribution in [1.82, 2.24) is 24.5 Å². The lowest BCUT2D eigenvalue weighted by atomic mass is 9.61. The van der Waals surface area contributed by atoms with Crippen LogP contribution in [0, 0.1) is 10.8 Å². The van der Waals surface area contributed by atoms with Gasteiger partial charge < -0.3 is 69.4 Å². The number of benzene rings is 2. The van der Waals surface area contributed by atoms with E-state index >= 15 is 0 Å². The Kier molecular flexibility index (Phi) is 56.7. The van der Waals surface area contributed by atoms with Gasteiger partial charge in [0.05, 0.1) is 81.7 Å². The largest absolute Gasteiger partial charge is 0.481 e. The number of alkyl halides is 5. The number of carbonyl (C=O) groups is 5. The lowest BCUT2D eigenvalue weighted by Crippen LogP contribution is -2.42. The molecule has 4 unspecified atom stereocenters. The van der Waals surface area contributed by atoms with E-state index in [-0.39, 0.29) is 111 Å². The number of hydrogen-bond donors (Lipinski definition) is 10. The minimum absolute atomic E-state index is 0.0263. The van der Waals surface area contributed by atoms with Gasteiger partial charge in [-0.1, -0.05) is 161 Å². The summed E-state index contributed by atoms with van der Waals surface area (Å²) in [5.74, 6) is -3.86. The Labute approximate surface area is 838 Å². The molecule has 0 amide bonds. The molecule has 2 saturated carbocycles. The molecule has 7 fully saturated rings. The topological polar surface area (TPSA) is 349 Å². The number of carboxylic acids is 5.